The fraction of sp³-hybridized carbons (Fsp3) is 0.0909. The lowest BCUT2D eigenvalue weighted by molar-refractivity contribution is -0.385. The van der Waals surface area contributed by atoms with Gasteiger partial charge in [-0.1, -0.05) is 23.2 Å². The Morgan fingerprint density at radius 1 is 1.12 bits per heavy atom. The van der Waals surface area contributed by atoms with Crippen LogP contribution in [0.4, 0.5) is 11.5 Å². The van der Waals surface area contributed by atoms with Gasteiger partial charge in [-0.25, -0.2) is 15.0 Å². The van der Waals surface area contributed by atoms with Crippen LogP contribution >= 0.6 is 23.2 Å². The number of halogens is 2. The van der Waals surface area contributed by atoms with Crippen LogP contribution in [-0.2, 0) is 0 Å². The molecule has 1 atom stereocenters. The van der Waals surface area contributed by atoms with Crippen LogP contribution in [0.3, 0.4) is 0 Å². The number of aromatic amines is 1. The highest BCUT2D eigenvalue weighted by Crippen LogP contribution is 2.36. The number of anilines is 1. The second-order valence-electron chi connectivity index (χ2n) is 7.00. The van der Waals surface area contributed by atoms with Crippen molar-refractivity contribution in [3.05, 3.63) is 93.3 Å². The van der Waals surface area contributed by atoms with Crippen LogP contribution in [0.2, 0.25) is 10.0 Å². The van der Waals surface area contributed by atoms with E-state index in [0.717, 1.165) is 11.3 Å². The molecule has 0 aliphatic carbocycles. The molecule has 0 bridgehead atoms. The van der Waals surface area contributed by atoms with Crippen molar-refractivity contribution in [2.75, 3.05) is 5.32 Å². The average molecular weight is 468 g/mol. The Kier molecular flexibility index (Phi) is 6.07. The second-order valence-corrected chi connectivity index (χ2v) is 7.85. The highest BCUT2D eigenvalue weighted by Gasteiger charge is 2.18. The minimum Gasteiger partial charge on any atom is -0.362 e. The zero-order valence-electron chi connectivity index (χ0n) is 16.8. The lowest BCUT2D eigenvalue weighted by Gasteiger charge is -2.17. The summed E-state index contributed by atoms with van der Waals surface area (Å²) < 4.78 is 0. The molecule has 0 fully saturated rings. The number of benzene rings is 1. The normalized spacial score (nSPS) is 11.9. The van der Waals surface area contributed by atoms with Crippen molar-refractivity contribution in [3.8, 4) is 22.6 Å². The standard InChI is InChI=1S/C22H17Cl2N6O2/c1-12-10-26-22(27-12)17-6-7-19(29-21(17)16-5-3-14(23)9-18(16)24)13(2)28-20-8-4-15(11-25-20)30(31)32/h3-11,13H,2H2,1H3,(H,25,28)(H,26,27). The molecule has 1 aromatic carbocycles. The molecule has 4 rings (SSSR count). The molecule has 4 aromatic rings. The Labute approximate surface area is 193 Å². The number of nitrogens with zero attached hydrogens (tertiary/aromatic N) is 4. The van der Waals surface area contributed by atoms with E-state index >= 15 is 0 Å². The Balaban J connectivity index is 1.72. The van der Waals surface area contributed by atoms with Crippen LogP contribution in [0.1, 0.15) is 17.4 Å². The van der Waals surface area contributed by atoms with Gasteiger partial charge in [0.2, 0.25) is 0 Å². The van der Waals surface area contributed by atoms with E-state index in [1.807, 2.05) is 25.3 Å². The second kappa shape index (κ2) is 8.94. The first kappa shape index (κ1) is 21.7. The summed E-state index contributed by atoms with van der Waals surface area (Å²) in [6, 6.07) is 11.3. The molecule has 32 heavy (non-hydrogen) atoms. The van der Waals surface area contributed by atoms with Crippen LogP contribution < -0.4 is 5.32 Å². The molecular weight excluding hydrogens is 451 g/mol. The zero-order valence-corrected chi connectivity index (χ0v) is 18.4. The van der Waals surface area contributed by atoms with Crippen molar-refractivity contribution in [2.45, 2.75) is 13.0 Å². The van der Waals surface area contributed by atoms with Gasteiger partial charge in [0, 0.05) is 28.4 Å². The summed E-state index contributed by atoms with van der Waals surface area (Å²) >= 11 is 12.6. The number of H-pyrrole nitrogens is 1. The predicted molar refractivity (Wildman–Crippen MR) is 125 cm³/mol. The molecule has 10 heteroatoms. The molecule has 1 radical (unpaired) electrons. The summed E-state index contributed by atoms with van der Waals surface area (Å²) in [4.78, 5) is 26.9. The molecule has 3 aromatic heterocycles. The fourth-order valence-corrected chi connectivity index (χ4v) is 3.63. The third-order valence-corrected chi connectivity index (χ3v) is 5.25. The van der Waals surface area contributed by atoms with Crippen LogP contribution in [0.25, 0.3) is 22.6 Å². The summed E-state index contributed by atoms with van der Waals surface area (Å²) in [6.45, 7) is 6.01. The number of hydrogen-bond acceptors (Lipinski definition) is 6. The molecule has 161 valence electrons. The van der Waals surface area contributed by atoms with Gasteiger partial charge in [-0.15, -0.1) is 0 Å². The molecule has 1 unspecified atom stereocenters. The largest absolute Gasteiger partial charge is 0.362 e. The van der Waals surface area contributed by atoms with Gasteiger partial charge in [0.05, 0.1) is 33.1 Å². The zero-order chi connectivity index (χ0) is 22.8. The Morgan fingerprint density at radius 2 is 1.91 bits per heavy atom. The van der Waals surface area contributed by atoms with Crippen LogP contribution in [0.5, 0.6) is 0 Å². The number of nitro groups is 1. The number of hydrogen-bond donors (Lipinski definition) is 2. The van der Waals surface area contributed by atoms with Gasteiger partial charge in [-0.2, -0.15) is 0 Å². The third kappa shape index (κ3) is 4.56. The summed E-state index contributed by atoms with van der Waals surface area (Å²) in [6.07, 6.45) is 2.99. The van der Waals surface area contributed by atoms with E-state index in [-0.39, 0.29) is 5.69 Å². The van der Waals surface area contributed by atoms with Gasteiger partial charge in [0.15, 0.2) is 0 Å². The van der Waals surface area contributed by atoms with E-state index in [1.165, 1.54) is 18.3 Å². The number of rotatable bonds is 6. The van der Waals surface area contributed by atoms with Crippen molar-refractivity contribution in [1.29, 1.82) is 0 Å². The lowest BCUT2D eigenvalue weighted by Crippen LogP contribution is -2.11. The lowest BCUT2D eigenvalue weighted by atomic mass is 10.0. The number of nitrogens with one attached hydrogen (secondary N) is 2. The maximum absolute atomic E-state index is 10.8. The van der Waals surface area contributed by atoms with Gasteiger partial charge in [-0.3, -0.25) is 10.1 Å². The van der Waals surface area contributed by atoms with E-state index < -0.39 is 11.0 Å². The maximum atomic E-state index is 10.8. The number of pyridine rings is 2. The summed E-state index contributed by atoms with van der Waals surface area (Å²) in [5.74, 6) is 1.10. The first-order valence-electron chi connectivity index (χ1n) is 9.50. The Hall–Kier alpha value is -3.49. The van der Waals surface area contributed by atoms with Gasteiger partial charge in [0.1, 0.15) is 17.8 Å². The number of aromatic nitrogens is 4. The van der Waals surface area contributed by atoms with Crippen LogP contribution in [0.15, 0.2) is 54.9 Å². The Bertz CT molecular complexity index is 1290. The fourth-order valence-electron chi connectivity index (χ4n) is 3.13. The van der Waals surface area contributed by atoms with Crippen LogP contribution in [0, 0.1) is 24.0 Å². The molecule has 0 amide bonds. The van der Waals surface area contributed by atoms with Gasteiger partial charge in [0.25, 0.3) is 5.69 Å². The molecule has 0 aliphatic heterocycles. The van der Waals surface area contributed by atoms with E-state index in [9.17, 15) is 10.1 Å². The quantitative estimate of drug-likeness (QED) is 0.264. The van der Waals surface area contributed by atoms with Crippen LogP contribution in [-0.4, -0.2) is 24.9 Å². The Morgan fingerprint density at radius 3 is 2.53 bits per heavy atom. The summed E-state index contributed by atoms with van der Waals surface area (Å²) in [7, 11) is 0. The molecule has 0 spiro atoms. The van der Waals surface area contributed by atoms with Crippen molar-refractivity contribution in [1.82, 2.24) is 19.9 Å². The van der Waals surface area contributed by atoms with Crippen molar-refractivity contribution >= 4 is 34.7 Å². The molecule has 0 aliphatic rings. The molecule has 0 saturated carbocycles. The smallest absolute Gasteiger partial charge is 0.287 e. The highest BCUT2D eigenvalue weighted by molar-refractivity contribution is 6.36. The SMILES string of the molecule is [CH2]C(Nc1ccc([N+](=O)[O-])cn1)c1ccc(-c2nc(C)c[nH]2)c(-c2ccc(Cl)cc2Cl)n1. The van der Waals surface area contributed by atoms with Gasteiger partial charge >= 0.3 is 0 Å². The molecule has 8 nitrogen and oxygen atoms in total. The van der Waals surface area contributed by atoms with Gasteiger partial charge in [-0.05, 0) is 50.2 Å². The van der Waals surface area contributed by atoms with E-state index in [2.05, 4.69) is 27.2 Å². The molecule has 0 saturated heterocycles. The topological polar surface area (TPSA) is 110 Å². The highest BCUT2D eigenvalue weighted by atomic mass is 35.5. The van der Waals surface area contributed by atoms with Crippen molar-refractivity contribution in [2.24, 2.45) is 0 Å². The number of imidazole rings is 1. The molecule has 2 N–H and O–H groups in total. The number of aryl methyl sites for hydroxylation is 1. The van der Waals surface area contributed by atoms with Crippen molar-refractivity contribution in [3.63, 3.8) is 0 Å². The van der Waals surface area contributed by atoms with E-state index in [1.54, 1.807) is 18.2 Å². The van der Waals surface area contributed by atoms with E-state index in [4.69, 9.17) is 28.2 Å². The van der Waals surface area contributed by atoms with E-state index in [0.29, 0.717) is 38.6 Å². The summed E-state index contributed by atoms with van der Waals surface area (Å²) in [5, 5.41) is 14.9. The predicted octanol–water partition coefficient (Wildman–Crippen LogP) is 6.04. The molecule has 3 heterocycles. The minimum absolute atomic E-state index is 0.0907. The monoisotopic (exact) mass is 467 g/mol. The first-order chi connectivity index (χ1) is 15.3. The molecular formula is C22H17Cl2N6O2. The third-order valence-electron chi connectivity index (χ3n) is 4.70. The first-order valence-corrected chi connectivity index (χ1v) is 10.3. The van der Waals surface area contributed by atoms with Gasteiger partial charge < -0.3 is 10.3 Å². The maximum Gasteiger partial charge on any atom is 0.287 e. The van der Waals surface area contributed by atoms with Crippen molar-refractivity contribution < 1.29 is 4.92 Å². The average Bonchev–Trinajstić information content (AvgIpc) is 3.20. The summed E-state index contributed by atoms with van der Waals surface area (Å²) in [5.41, 5.74) is 3.46. The minimum atomic E-state index is -0.503.